The van der Waals surface area contributed by atoms with E-state index in [9.17, 15) is 4.79 Å². The van der Waals surface area contributed by atoms with Crippen LogP contribution in [-0.4, -0.2) is 37.6 Å². The fourth-order valence-electron chi connectivity index (χ4n) is 3.17. The van der Waals surface area contributed by atoms with E-state index >= 15 is 0 Å². The van der Waals surface area contributed by atoms with E-state index in [2.05, 4.69) is 43.3 Å². The summed E-state index contributed by atoms with van der Waals surface area (Å²) in [5.41, 5.74) is 11.2. The first-order valence-corrected chi connectivity index (χ1v) is 9.59. The fraction of sp³-hybridized carbons (Fsp3) is 0.435. The number of ether oxygens (including phenoxy) is 2. The Morgan fingerprint density at radius 2 is 1.68 bits per heavy atom. The molecule has 5 nitrogen and oxygen atoms in total. The van der Waals surface area contributed by atoms with E-state index < -0.39 is 0 Å². The zero-order valence-electron chi connectivity index (χ0n) is 17.6. The fourth-order valence-corrected chi connectivity index (χ4v) is 3.17. The lowest BCUT2D eigenvalue weighted by Crippen LogP contribution is -2.33. The Morgan fingerprint density at radius 3 is 2.21 bits per heavy atom. The third-order valence-corrected chi connectivity index (χ3v) is 4.87. The van der Waals surface area contributed by atoms with Crippen molar-refractivity contribution in [3.8, 4) is 5.75 Å². The Bertz CT molecular complexity index is 760. The molecule has 152 valence electrons. The molecule has 28 heavy (non-hydrogen) atoms. The van der Waals surface area contributed by atoms with Gasteiger partial charge in [0, 0.05) is 27.2 Å². The van der Waals surface area contributed by atoms with Crippen molar-refractivity contribution in [2.75, 3.05) is 20.7 Å². The second-order valence-corrected chi connectivity index (χ2v) is 7.38. The van der Waals surface area contributed by atoms with Crippen molar-refractivity contribution < 1.29 is 14.3 Å². The van der Waals surface area contributed by atoms with Gasteiger partial charge in [0.2, 0.25) is 5.91 Å². The van der Waals surface area contributed by atoms with Crippen molar-refractivity contribution in [2.24, 2.45) is 5.73 Å². The number of carbonyl (C=O) groups excluding carboxylic acids is 1. The van der Waals surface area contributed by atoms with E-state index in [1.165, 1.54) is 5.56 Å². The predicted octanol–water partition coefficient (Wildman–Crippen LogP) is 3.51. The minimum atomic E-state index is -0.240. The minimum absolute atomic E-state index is 0.0207. The number of hydrogen-bond donors (Lipinski definition) is 1. The van der Waals surface area contributed by atoms with E-state index in [4.69, 9.17) is 15.2 Å². The monoisotopic (exact) mass is 384 g/mol. The Balaban J connectivity index is 2.02. The Labute approximate surface area is 168 Å². The number of nitrogens with two attached hydrogens (primary N) is 1. The van der Waals surface area contributed by atoms with Crippen molar-refractivity contribution >= 4 is 5.91 Å². The van der Waals surface area contributed by atoms with Gasteiger partial charge in [-0.05, 0) is 43.0 Å². The smallest absolute Gasteiger partial charge is 0.225 e. The molecule has 1 atom stereocenters. The van der Waals surface area contributed by atoms with Crippen LogP contribution in [0.3, 0.4) is 0 Å². The highest BCUT2D eigenvalue weighted by molar-refractivity contribution is 5.76. The molecule has 2 N–H and O–H groups in total. The lowest BCUT2D eigenvalue weighted by molar-refractivity contribution is -0.132. The number of amides is 1. The van der Waals surface area contributed by atoms with Crippen LogP contribution in [0.4, 0.5) is 0 Å². The quantitative estimate of drug-likeness (QED) is 0.718. The van der Waals surface area contributed by atoms with Crippen LogP contribution < -0.4 is 10.5 Å². The van der Waals surface area contributed by atoms with Crippen molar-refractivity contribution in [1.29, 1.82) is 0 Å². The molecule has 0 aromatic heterocycles. The molecule has 1 unspecified atom stereocenters. The average Bonchev–Trinajstić information content (AvgIpc) is 2.66. The highest BCUT2D eigenvalue weighted by Crippen LogP contribution is 2.26. The van der Waals surface area contributed by atoms with Gasteiger partial charge in [0.25, 0.3) is 0 Å². The third kappa shape index (κ3) is 6.08. The molecule has 1 amide bonds. The van der Waals surface area contributed by atoms with E-state index in [1.54, 1.807) is 19.1 Å². The number of benzene rings is 2. The summed E-state index contributed by atoms with van der Waals surface area (Å²) < 4.78 is 11.3. The van der Waals surface area contributed by atoms with Crippen LogP contribution in [0.5, 0.6) is 5.75 Å². The lowest BCUT2D eigenvalue weighted by atomic mass is 10.0. The molecule has 0 aliphatic heterocycles. The summed E-state index contributed by atoms with van der Waals surface area (Å²) in [5.74, 6) is 0.924. The summed E-state index contributed by atoms with van der Waals surface area (Å²) in [7, 11) is 3.38. The molecule has 0 spiro atoms. The van der Waals surface area contributed by atoms with Gasteiger partial charge in [-0.2, -0.15) is 0 Å². The van der Waals surface area contributed by atoms with Gasteiger partial charge >= 0.3 is 0 Å². The molecule has 0 aliphatic carbocycles. The Hall–Kier alpha value is -2.37. The first-order valence-electron chi connectivity index (χ1n) is 9.59. The number of hydrogen-bond acceptors (Lipinski definition) is 4. The molecule has 0 fully saturated rings. The third-order valence-electron chi connectivity index (χ3n) is 4.87. The van der Waals surface area contributed by atoms with Gasteiger partial charge in [-0.25, -0.2) is 0 Å². The second kappa shape index (κ2) is 10.2. The zero-order valence-corrected chi connectivity index (χ0v) is 17.6. The van der Waals surface area contributed by atoms with Gasteiger partial charge in [-0.15, -0.1) is 0 Å². The first-order chi connectivity index (χ1) is 13.3. The van der Waals surface area contributed by atoms with Crippen LogP contribution in [0, 0.1) is 20.8 Å². The van der Waals surface area contributed by atoms with Gasteiger partial charge < -0.3 is 20.1 Å². The highest BCUT2D eigenvalue weighted by Gasteiger charge is 2.16. The molecule has 5 heteroatoms. The standard InChI is InChI=1S/C23H32N2O3/c1-16-6-8-19(9-7-16)15-28-23-17(2)10-20(11-18(23)3)14-25(4)22(26)12-21(13-24)27-5/h6-11,21H,12-15,24H2,1-5H3. The second-order valence-electron chi connectivity index (χ2n) is 7.38. The van der Waals surface area contributed by atoms with Crippen LogP contribution in [0.15, 0.2) is 36.4 Å². The SMILES string of the molecule is COC(CN)CC(=O)N(C)Cc1cc(C)c(OCc2ccc(C)cc2)c(C)c1. The maximum atomic E-state index is 12.4. The van der Waals surface area contributed by atoms with Crippen LogP contribution in [0.1, 0.15) is 34.2 Å². The number of rotatable bonds is 9. The van der Waals surface area contributed by atoms with E-state index in [0.29, 0.717) is 26.1 Å². The minimum Gasteiger partial charge on any atom is -0.488 e. The first kappa shape index (κ1) is 21.9. The summed E-state index contributed by atoms with van der Waals surface area (Å²) in [6.07, 6.45) is 0.0510. The summed E-state index contributed by atoms with van der Waals surface area (Å²) in [6.45, 7) is 7.57. The molecule has 0 heterocycles. The number of methoxy groups -OCH3 is 1. The number of nitrogens with zero attached hydrogens (tertiary/aromatic N) is 1. The van der Waals surface area contributed by atoms with Crippen molar-refractivity contribution in [1.82, 2.24) is 4.90 Å². The Kier molecular flexibility index (Phi) is 8.03. The maximum Gasteiger partial charge on any atom is 0.225 e. The molecule has 0 bridgehead atoms. The van der Waals surface area contributed by atoms with Gasteiger partial charge in [-0.1, -0.05) is 42.0 Å². The average molecular weight is 385 g/mol. The van der Waals surface area contributed by atoms with Crippen molar-refractivity contribution in [2.45, 2.75) is 46.4 Å². The molecule has 0 saturated heterocycles. The lowest BCUT2D eigenvalue weighted by Gasteiger charge is -2.21. The molecule has 2 aromatic carbocycles. The molecular weight excluding hydrogens is 352 g/mol. The maximum absolute atomic E-state index is 12.4. The van der Waals surface area contributed by atoms with Crippen molar-refractivity contribution in [3.05, 3.63) is 64.2 Å². The summed E-state index contributed by atoms with van der Waals surface area (Å²) >= 11 is 0. The van der Waals surface area contributed by atoms with E-state index in [1.807, 2.05) is 13.8 Å². The summed E-state index contributed by atoms with van der Waals surface area (Å²) in [5, 5.41) is 0. The summed E-state index contributed by atoms with van der Waals surface area (Å²) in [6, 6.07) is 12.5. The van der Waals surface area contributed by atoms with Crippen LogP contribution in [-0.2, 0) is 22.7 Å². The van der Waals surface area contributed by atoms with Gasteiger partial charge in [-0.3, -0.25) is 4.79 Å². The zero-order chi connectivity index (χ0) is 20.7. The van der Waals surface area contributed by atoms with Gasteiger partial charge in [0.05, 0.1) is 12.5 Å². The van der Waals surface area contributed by atoms with Gasteiger partial charge in [0.1, 0.15) is 12.4 Å². The Morgan fingerprint density at radius 1 is 1.07 bits per heavy atom. The molecule has 0 radical (unpaired) electrons. The largest absolute Gasteiger partial charge is 0.488 e. The van der Waals surface area contributed by atoms with Crippen LogP contribution >= 0.6 is 0 Å². The van der Waals surface area contributed by atoms with Crippen molar-refractivity contribution in [3.63, 3.8) is 0 Å². The normalized spacial score (nSPS) is 11.9. The molecule has 2 rings (SSSR count). The number of aryl methyl sites for hydroxylation is 3. The van der Waals surface area contributed by atoms with Crippen LogP contribution in [0.25, 0.3) is 0 Å². The summed E-state index contributed by atoms with van der Waals surface area (Å²) in [4.78, 5) is 14.1. The van der Waals surface area contributed by atoms with Gasteiger partial charge in [0.15, 0.2) is 0 Å². The molecule has 0 saturated carbocycles. The molecular formula is C23H32N2O3. The topological polar surface area (TPSA) is 64.8 Å². The number of carbonyl (C=O) groups is 1. The van der Waals surface area contributed by atoms with Crippen LogP contribution in [0.2, 0.25) is 0 Å². The van der Waals surface area contributed by atoms with E-state index in [-0.39, 0.29) is 12.0 Å². The predicted molar refractivity (Wildman–Crippen MR) is 112 cm³/mol. The van der Waals surface area contributed by atoms with E-state index in [0.717, 1.165) is 28.0 Å². The highest BCUT2D eigenvalue weighted by atomic mass is 16.5. The molecule has 2 aromatic rings. The molecule has 0 aliphatic rings.